The van der Waals surface area contributed by atoms with Crippen molar-refractivity contribution in [1.82, 2.24) is 20.2 Å². The summed E-state index contributed by atoms with van der Waals surface area (Å²) in [4.78, 5) is 10.1. The van der Waals surface area contributed by atoms with E-state index in [1.165, 1.54) is 6.33 Å². The third-order valence-electron chi connectivity index (χ3n) is 4.03. The van der Waals surface area contributed by atoms with E-state index in [9.17, 15) is 4.39 Å². The van der Waals surface area contributed by atoms with Crippen LogP contribution in [-0.4, -0.2) is 33.3 Å². The number of nitrogen functional groups attached to an aromatic ring is 1. The maximum atomic E-state index is 14.3. The van der Waals surface area contributed by atoms with Crippen LogP contribution in [0.3, 0.4) is 0 Å². The molecule has 1 aliphatic rings. The predicted molar refractivity (Wildman–Crippen MR) is 78.6 cm³/mol. The molecule has 3 rings (SSSR count). The Bertz CT molecular complexity index is 618. The van der Waals surface area contributed by atoms with Crippen molar-refractivity contribution in [2.75, 3.05) is 23.7 Å². The lowest BCUT2D eigenvalue weighted by Gasteiger charge is -2.32. The molecular weight excluding hydrogens is 271 g/mol. The number of aromatic nitrogens is 4. The van der Waals surface area contributed by atoms with E-state index >= 15 is 0 Å². The van der Waals surface area contributed by atoms with Crippen molar-refractivity contribution < 1.29 is 4.39 Å². The molecule has 0 radical (unpaired) electrons. The number of aryl methyl sites for hydroxylation is 1. The molecule has 0 aliphatic carbocycles. The molecule has 0 spiro atoms. The van der Waals surface area contributed by atoms with Gasteiger partial charge in [-0.25, -0.2) is 14.4 Å². The molecule has 6 nitrogen and oxygen atoms in total. The van der Waals surface area contributed by atoms with Gasteiger partial charge in [0.1, 0.15) is 12.1 Å². The molecule has 0 saturated carbocycles. The fourth-order valence-electron chi connectivity index (χ4n) is 2.83. The number of hydrogen-bond donors (Lipinski definition) is 2. The van der Waals surface area contributed by atoms with E-state index in [0.717, 1.165) is 31.6 Å². The van der Waals surface area contributed by atoms with Crippen LogP contribution in [0.1, 0.15) is 37.1 Å². The van der Waals surface area contributed by atoms with E-state index in [1.54, 1.807) is 0 Å². The number of anilines is 2. The summed E-state index contributed by atoms with van der Waals surface area (Å²) in [6, 6.07) is 1.88. The first-order valence-electron chi connectivity index (χ1n) is 7.24. The minimum Gasteiger partial charge on any atom is -0.382 e. The Morgan fingerprint density at radius 2 is 2.14 bits per heavy atom. The molecule has 21 heavy (non-hydrogen) atoms. The molecule has 0 unspecified atom stereocenters. The van der Waals surface area contributed by atoms with Gasteiger partial charge in [-0.05, 0) is 19.3 Å². The Balaban J connectivity index is 1.71. The Hall–Kier alpha value is -2.18. The van der Waals surface area contributed by atoms with E-state index in [0.29, 0.717) is 29.7 Å². The van der Waals surface area contributed by atoms with Gasteiger partial charge in [-0.2, -0.15) is 5.10 Å². The number of nitrogens with one attached hydrogen (secondary N) is 1. The molecule has 1 saturated heterocycles. The first-order valence-corrected chi connectivity index (χ1v) is 7.24. The summed E-state index contributed by atoms with van der Waals surface area (Å²) >= 11 is 0. The van der Waals surface area contributed by atoms with Gasteiger partial charge in [0.05, 0.1) is 5.69 Å². The van der Waals surface area contributed by atoms with E-state index in [1.807, 2.05) is 17.9 Å². The molecule has 0 aromatic carbocycles. The van der Waals surface area contributed by atoms with E-state index < -0.39 is 0 Å². The van der Waals surface area contributed by atoms with Gasteiger partial charge in [-0.3, -0.25) is 5.10 Å². The number of rotatable bonds is 3. The summed E-state index contributed by atoms with van der Waals surface area (Å²) in [6.07, 6.45) is 3.86. The Labute approximate surface area is 122 Å². The molecule has 2 aromatic rings. The maximum absolute atomic E-state index is 14.3. The average molecular weight is 290 g/mol. The van der Waals surface area contributed by atoms with Crippen molar-refractivity contribution in [2.45, 2.75) is 32.1 Å². The fourth-order valence-corrected chi connectivity index (χ4v) is 2.83. The summed E-state index contributed by atoms with van der Waals surface area (Å²) in [7, 11) is 0. The van der Waals surface area contributed by atoms with Crippen LogP contribution in [0.25, 0.3) is 0 Å². The molecule has 2 aromatic heterocycles. The van der Waals surface area contributed by atoms with Crippen LogP contribution >= 0.6 is 0 Å². The smallest absolute Gasteiger partial charge is 0.187 e. The van der Waals surface area contributed by atoms with Crippen molar-refractivity contribution in [3.05, 3.63) is 29.6 Å². The molecule has 7 heteroatoms. The van der Waals surface area contributed by atoms with Crippen LogP contribution in [-0.2, 0) is 6.42 Å². The monoisotopic (exact) mass is 290 g/mol. The van der Waals surface area contributed by atoms with E-state index in [-0.39, 0.29) is 5.82 Å². The number of nitrogens with zero attached hydrogens (tertiary/aromatic N) is 4. The van der Waals surface area contributed by atoms with Gasteiger partial charge in [0.15, 0.2) is 11.6 Å². The molecule has 3 heterocycles. The number of H-pyrrole nitrogens is 1. The van der Waals surface area contributed by atoms with Crippen LogP contribution in [0.15, 0.2) is 12.4 Å². The number of piperidine rings is 1. The summed E-state index contributed by atoms with van der Waals surface area (Å²) in [6.45, 7) is 3.42. The zero-order valence-corrected chi connectivity index (χ0v) is 12.0. The summed E-state index contributed by atoms with van der Waals surface area (Å²) < 4.78 is 14.3. The van der Waals surface area contributed by atoms with Crippen molar-refractivity contribution >= 4 is 11.6 Å². The third kappa shape index (κ3) is 2.68. The highest BCUT2D eigenvalue weighted by atomic mass is 19.1. The second-order valence-electron chi connectivity index (χ2n) is 5.32. The van der Waals surface area contributed by atoms with Gasteiger partial charge in [0.2, 0.25) is 0 Å². The van der Waals surface area contributed by atoms with Gasteiger partial charge in [0, 0.05) is 30.8 Å². The summed E-state index contributed by atoms with van der Waals surface area (Å²) in [5, 5.41) is 6.93. The predicted octanol–water partition coefficient (Wildman–Crippen LogP) is 1.87. The zero-order chi connectivity index (χ0) is 14.8. The highest BCUT2D eigenvalue weighted by Gasteiger charge is 2.25. The summed E-state index contributed by atoms with van der Waals surface area (Å²) in [5.41, 5.74) is 7.17. The standard InChI is InChI=1S/C14H19FN6/c1-2-10-13(15)14(18-8-17-10)21-5-3-9(4-6-21)11-7-12(16)20-19-11/h7-9H,2-6H2,1H3,(H3,16,19,20). The lowest BCUT2D eigenvalue weighted by Crippen LogP contribution is -2.34. The first kappa shape index (κ1) is 13.8. The van der Waals surface area contributed by atoms with E-state index in [4.69, 9.17) is 5.73 Å². The molecule has 112 valence electrons. The normalized spacial score (nSPS) is 16.4. The maximum Gasteiger partial charge on any atom is 0.187 e. The van der Waals surface area contributed by atoms with Crippen molar-refractivity contribution in [2.24, 2.45) is 0 Å². The second kappa shape index (κ2) is 5.67. The van der Waals surface area contributed by atoms with Gasteiger partial charge in [-0.1, -0.05) is 6.92 Å². The lowest BCUT2D eigenvalue weighted by atomic mass is 9.93. The van der Waals surface area contributed by atoms with Crippen LogP contribution in [0.5, 0.6) is 0 Å². The number of halogens is 1. The third-order valence-corrected chi connectivity index (χ3v) is 4.03. The first-order chi connectivity index (χ1) is 10.2. The summed E-state index contributed by atoms with van der Waals surface area (Å²) in [5.74, 6) is 1.04. The Kier molecular flexibility index (Phi) is 3.72. The molecule has 0 amide bonds. The second-order valence-corrected chi connectivity index (χ2v) is 5.32. The van der Waals surface area contributed by atoms with Crippen molar-refractivity contribution in [3.63, 3.8) is 0 Å². The quantitative estimate of drug-likeness (QED) is 0.901. The molecule has 1 aliphatic heterocycles. The Morgan fingerprint density at radius 1 is 1.38 bits per heavy atom. The molecule has 3 N–H and O–H groups in total. The van der Waals surface area contributed by atoms with E-state index in [2.05, 4.69) is 20.2 Å². The fraction of sp³-hybridized carbons (Fsp3) is 0.500. The zero-order valence-electron chi connectivity index (χ0n) is 12.0. The van der Waals surface area contributed by atoms with Crippen LogP contribution in [0.2, 0.25) is 0 Å². The minimum atomic E-state index is -0.288. The molecule has 1 fully saturated rings. The number of hydrogen-bond acceptors (Lipinski definition) is 5. The van der Waals surface area contributed by atoms with Gasteiger partial charge < -0.3 is 10.6 Å². The van der Waals surface area contributed by atoms with Gasteiger partial charge in [0.25, 0.3) is 0 Å². The number of nitrogens with two attached hydrogens (primary N) is 1. The molecule has 0 atom stereocenters. The molecule has 0 bridgehead atoms. The van der Waals surface area contributed by atoms with Crippen LogP contribution in [0, 0.1) is 5.82 Å². The minimum absolute atomic E-state index is 0.288. The Morgan fingerprint density at radius 3 is 2.76 bits per heavy atom. The average Bonchev–Trinajstić information content (AvgIpc) is 2.94. The topological polar surface area (TPSA) is 83.7 Å². The van der Waals surface area contributed by atoms with Crippen molar-refractivity contribution in [1.29, 1.82) is 0 Å². The van der Waals surface area contributed by atoms with Crippen LogP contribution in [0.4, 0.5) is 16.0 Å². The lowest BCUT2D eigenvalue weighted by molar-refractivity contribution is 0.482. The highest BCUT2D eigenvalue weighted by Crippen LogP contribution is 2.30. The van der Waals surface area contributed by atoms with Gasteiger partial charge >= 0.3 is 0 Å². The largest absolute Gasteiger partial charge is 0.382 e. The van der Waals surface area contributed by atoms with Crippen molar-refractivity contribution in [3.8, 4) is 0 Å². The number of aromatic amines is 1. The molecular formula is C14H19FN6. The SMILES string of the molecule is CCc1ncnc(N2CCC(c3cc(N)n[nH]3)CC2)c1F. The van der Waals surface area contributed by atoms with Gasteiger partial charge in [-0.15, -0.1) is 0 Å². The highest BCUT2D eigenvalue weighted by molar-refractivity contribution is 5.42. The van der Waals surface area contributed by atoms with Crippen LogP contribution < -0.4 is 10.6 Å².